The van der Waals surface area contributed by atoms with E-state index >= 15 is 0 Å². The highest BCUT2D eigenvalue weighted by atomic mass is 32.2. The zero-order chi connectivity index (χ0) is 22.5. The molecule has 3 rings (SSSR count). The largest absolute Gasteiger partial charge is 0.383 e. The number of amides is 2. The number of hydrogen-bond acceptors (Lipinski definition) is 5. The number of thioether (sulfide) groups is 1. The van der Waals surface area contributed by atoms with Gasteiger partial charge in [0.05, 0.1) is 18.8 Å². The number of anilines is 1. The number of para-hydroxylation sites is 1. The summed E-state index contributed by atoms with van der Waals surface area (Å²) in [5.41, 5.74) is 5.79. The summed E-state index contributed by atoms with van der Waals surface area (Å²) in [5.74, 6) is -0.289. The second-order valence-corrected chi connectivity index (χ2v) is 8.96. The van der Waals surface area contributed by atoms with Gasteiger partial charge in [0, 0.05) is 19.2 Å². The molecular weight excluding hydrogens is 410 g/mol. The number of aliphatic imine (C=N–C) groups is 1. The molecule has 1 saturated heterocycles. The lowest BCUT2D eigenvalue weighted by Crippen LogP contribution is -2.35. The van der Waals surface area contributed by atoms with Crippen molar-refractivity contribution < 1.29 is 14.3 Å². The zero-order valence-corrected chi connectivity index (χ0v) is 19.5. The van der Waals surface area contributed by atoms with Crippen molar-refractivity contribution in [1.82, 2.24) is 4.90 Å². The maximum absolute atomic E-state index is 13.1. The number of nitrogens with zero attached hydrogens (tertiary/aromatic N) is 2. The van der Waals surface area contributed by atoms with Gasteiger partial charge in [0.2, 0.25) is 11.8 Å². The fourth-order valence-electron chi connectivity index (χ4n) is 3.43. The van der Waals surface area contributed by atoms with E-state index in [4.69, 9.17) is 9.73 Å². The van der Waals surface area contributed by atoms with E-state index in [0.717, 1.165) is 33.6 Å². The minimum absolute atomic E-state index is 0.0894. The second kappa shape index (κ2) is 10.1. The standard InChI is InChI=1S/C24H29N3O3S/c1-15-9-10-16(2)19(13-15)25-21(28)14-20-23(29)27(11-12-30-5)24(31-20)26-22-17(3)7-6-8-18(22)4/h6-10,13,20H,11-12,14H2,1-5H3,(H,25,28). The summed E-state index contributed by atoms with van der Waals surface area (Å²) in [4.78, 5) is 32.2. The van der Waals surface area contributed by atoms with Crippen molar-refractivity contribution in [2.75, 3.05) is 25.6 Å². The Morgan fingerprint density at radius 1 is 1.13 bits per heavy atom. The van der Waals surface area contributed by atoms with Gasteiger partial charge in [0.25, 0.3) is 0 Å². The molecule has 164 valence electrons. The average molecular weight is 440 g/mol. The van der Waals surface area contributed by atoms with Gasteiger partial charge < -0.3 is 10.1 Å². The van der Waals surface area contributed by atoms with Gasteiger partial charge in [0.15, 0.2) is 5.17 Å². The molecule has 0 aromatic heterocycles. The van der Waals surface area contributed by atoms with Crippen LogP contribution in [0.3, 0.4) is 0 Å². The summed E-state index contributed by atoms with van der Waals surface area (Å²) in [5, 5.41) is 3.06. The first kappa shape index (κ1) is 23.0. The van der Waals surface area contributed by atoms with Gasteiger partial charge in [0.1, 0.15) is 5.25 Å². The molecule has 2 aromatic rings. The molecule has 1 atom stereocenters. The fourth-order valence-corrected chi connectivity index (χ4v) is 4.60. The summed E-state index contributed by atoms with van der Waals surface area (Å²) in [6.07, 6.45) is 0.0894. The van der Waals surface area contributed by atoms with Crippen LogP contribution >= 0.6 is 11.8 Å². The lowest BCUT2D eigenvalue weighted by atomic mass is 10.1. The highest BCUT2D eigenvalue weighted by molar-refractivity contribution is 8.15. The number of methoxy groups -OCH3 is 1. The molecule has 2 amide bonds. The maximum Gasteiger partial charge on any atom is 0.242 e. The number of ether oxygens (including phenoxy) is 1. The summed E-state index contributed by atoms with van der Waals surface area (Å²) >= 11 is 1.35. The SMILES string of the molecule is COCCN1C(=O)C(CC(=O)Nc2cc(C)ccc2C)SC1=Nc1c(C)cccc1C. The van der Waals surface area contributed by atoms with Crippen molar-refractivity contribution >= 4 is 40.1 Å². The first-order valence-electron chi connectivity index (χ1n) is 10.3. The Morgan fingerprint density at radius 2 is 1.84 bits per heavy atom. The average Bonchev–Trinajstić information content (AvgIpc) is 3.00. The van der Waals surface area contributed by atoms with Crippen LogP contribution in [0.4, 0.5) is 11.4 Å². The highest BCUT2D eigenvalue weighted by Crippen LogP contribution is 2.33. The molecule has 1 heterocycles. The normalized spacial score (nSPS) is 17.5. The number of carbonyl (C=O) groups is 2. The van der Waals surface area contributed by atoms with E-state index in [1.54, 1.807) is 12.0 Å². The molecule has 1 aliphatic heterocycles. The van der Waals surface area contributed by atoms with E-state index in [1.165, 1.54) is 11.8 Å². The Hall–Kier alpha value is -2.64. The van der Waals surface area contributed by atoms with Crippen LogP contribution in [0.1, 0.15) is 28.7 Å². The van der Waals surface area contributed by atoms with E-state index in [0.29, 0.717) is 18.3 Å². The Kier molecular flexibility index (Phi) is 7.51. The Morgan fingerprint density at radius 3 is 2.52 bits per heavy atom. The molecule has 0 aliphatic carbocycles. The lowest BCUT2D eigenvalue weighted by molar-refractivity contribution is -0.128. The first-order chi connectivity index (χ1) is 14.8. The molecule has 1 unspecified atom stereocenters. The molecule has 2 aromatic carbocycles. The van der Waals surface area contributed by atoms with Gasteiger partial charge in [-0.1, -0.05) is 42.1 Å². The molecular formula is C24H29N3O3S. The molecule has 1 aliphatic rings. The number of hydrogen-bond donors (Lipinski definition) is 1. The summed E-state index contributed by atoms with van der Waals surface area (Å²) < 4.78 is 5.18. The third-order valence-corrected chi connectivity index (χ3v) is 6.40. The molecule has 0 saturated carbocycles. The molecule has 0 bridgehead atoms. The van der Waals surface area contributed by atoms with Crippen LogP contribution in [-0.4, -0.2) is 47.4 Å². The number of carbonyl (C=O) groups excluding carboxylic acids is 2. The third-order valence-electron chi connectivity index (χ3n) is 5.22. The van der Waals surface area contributed by atoms with E-state index < -0.39 is 5.25 Å². The quantitative estimate of drug-likeness (QED) is 0.688. The van der Waals surface area contributed by atoms with E-state index in [1.807, 2.05) is 64.1 Å². The highest BCUT2D eigenvalue weighted by Gasteiger charge is 2.39. The summed E-state index contributed by atoms with van der Waals surface area (Å²) in [7, 11) is 1.60. The number of amidine groups is 1. The van der Waals surface area contributed by atoms with Crippen molar-refractivity contribution in [3.05, 3.63) is 58.7 Å². The molecule has 7 heteroatoms. The van der Waals surface area contributed by atoms with Crippen LogP contribution in [0.2, 0.25) is 0 Å². The number of aryl methyl sites for hydroxylation is 4. The topological polar surface area (TPSA) is 71.0 Å². The molecule has 31 heavy (non-hydrogen) atoms. The van der Waals surface area contributed by atoms with Gasteiger partial charge in [-0.05, 0) is 56.0 Å². The van der Waals surface area contributed by atoms with E-state index in [2.05, 4.69) is 5.32 Å². The molecule has 1 fully saturated rings. The van der Waals surface area contributed by atoms with Gasteiger partial charge in [-0.2, -0.15) is 0 Å². The monoisotopic (exact) mass is 439 g/mol. The van der Waals surface area contributed by atoms with Crippen molar-refractivity contribution in [2.45, 2.75) is 39.4 Å². The minimum atomic E-state index is -0.509. The number of rotatable bonds is 7. The van der Waals surface area contributed by atoms with Gasteiger partial charge in [-0.25, -0.2) is 4.99 Å². The fraction of sp³-hybridized carbons (Fsp3) is 0.375. The number of nitrogens with one attached hydrogen (secondary N) is 1. The van der Waals surface area contributed by atoms with Crippen LogP contribution in [0.15, 0.2) is 41.4 Å². The summed E-state index contributed by atoms with van der Waals surface area (Å²) in [6.45, 7) is 8.74. The van der Waals surface area contributed by atoms with Crippen molar-refractivity contribution in [1.29, 1.82) is 0 Å². The lowest BCUT2D eigenvalue weighted by Gasteiger charge is -2.16. The molecule has 0 spiro atoms. The van der Waals surface area contributed by atoms with Crippen molar-refractivity contribution in [2.24, 2.45) is 4.99 Å². The van der Waals surface area contributed by atoms with E-state index in [-0.39, 0.29) is 18.2 Å². The smallest absolute Gasteiger partial charge is 0.242 e. The van der Waals surface area contributed by atoms with Crippen LogP contribution < -0.4 is 5.32 Å². The first-order valence-corrected chi connectivity index (χ1v) is 11.2. The van der Waals surface area contributed by atoms with Crippen LogP contribution in [0.25, 0.3) is 0 Å². The zero-order valence-electron chi connectivity index (χ0n) is 18.7. The van der Waals surface area contributed by atoms with Crippen molar-refractivity contribution in [3.63, 3.8) is 0 Å². The van der Waals surface area contributed by atoms with E-state index in [9.17, 15) is 9.59 Å². The van der Waals surface area contributed by atoms with Crippen molar-refractivity contribution in [3.8, 4) is 0 Å². The van der Waals surface area contributed by atoms with Gasteiger partial charge >= 0.3 is 0 Å². The number of benzene rings is 2. The maximum atomic E-state index is 13.1. The Labute approximate surface area is 188 Å². The molecule has 0 radical (unpaired) electrons. The van der Waals surface area contributed by atoms with Crippen LogP contribution in [0, 0.1) is 27.7 Å². The predicted molar refractivity (Wildman–Crippen MR) is 127 cm³/mol. The van der Waals surface area contributed by atoms with Gasteiger partial charge in [-0.3, -0.25) is 14.5 Å². The van der Waals surface area contributed by atoms with Crippen LogP contribution in [0.5, 0.6) is 0 Å². The minimum Gasteiger partial charge on any atom is -0.383 e. The second-order valence-electron chi connectivity index (χ2n) is 7.79. The predicted octanol–water partition coefficient (Wildman–Crippen LogP) is 4.53. The Bertz CT molecular complexity index is 999. The molecule has 6 nitrogen and oxygen atoms in total. The van der Waals surface area contributed by atoms with Crippen LogP contribution in [-0.2, 0) is 14.3 Å². The van der Waals surface area contributed by atoms with Gasteiger partial charge in [-0.15, -0.1) is 0 Å². The summed E-state index contributed by atoms with van der Waals surface area (Å²) in [6, 6.07) is 11.9. The third kappa shape index (κ3) is 5.54. The Balaban J connectivity index is 1.80. The molecule has 1 N–H and O–H groups in total.